The van der Waals surface area contributed by atoms with Gasteiger partial charge in [-0.1, -0.05) is 15.9 Å². The zero-order valence-corrected chi connectivity index (χ0v) is 12.3. The fourth-order valence-corrected chi connectivity index (χ4v) is 2.05. The molecule has 0 spiro atoms. The number of nitrogen functional groups attached to an aromatic ring is 1. The second kappa shape index (κ2) is 4.70. The third-order valence-corrected chi connectivity index (χ3v) is 3.41. The highest BCUT2D eigenvalue weighted by Crippen LogP contribution is 2.32. The largest absolute Gasteiger partial charge is 0.396 e. The molecule has 0 aliphatic rings. The van der Waals surface area contributed by atoms with Crippen LogP contribution in [-0.2, 0) is 4.79 Å². The fraction of sp³-hybridized carbons (Fsp3) is 0.231. The molecule has 0 unspecified atom stereocenters. The van der Waals surface area contributed by atoms with Crippen LogP contribution in [0.2, 0.25) is 0 Å². The van der Waals surface area contributed by atoms with Crippen LogP contribution in [-0.4, -0.2) is 16.4 Å². The first-order valence-corrected chi connectivity index (χ1v) is 6.52. The molecule has 6 heteroatoms. The standard InChI is InChI=1S/C13H15BrN4O/c1-13(2,12(16)19)18-11-8-5-7(14)3-4-10(8)17-6-9(11)15/h3-6H,15H2,1-2H3,(H2,16,19)(H,17,18). The van der Waals surface area contributed by atoms with Gasteiger partial charge in [-0.15, -0.1) is 0 Å². The molecule has 0 saturated carbocycles. The number of nitrogens with zero attached hydrogens (tertiary/aromatic N) is 1. The van der Waals surface area contributed by atoms with Crippen LogP contribution in [0.25, 0.3) is 10.9 Å². The summed E-state index contributed by atoms with van der Waals surface area (Å²) in [7, 11) is 0. The molecule has 0 atom stereocenters. The van der Waals surface area contributed by atoms with Crippen LogP contribution in [0.1, 0.15) is 13.8 Å². The SMILES string of the molecule is CC(C)(Nc1c(N)cnc2ccc(Br)cc12)C(N)=O. The van der Waals surface area contributed by atoms with Crippen LogP contribution in [0, 0.1) is 0 Å². The molecule has 0 aliphatic carbocycles. The third-order valence-electron chi connectivity index (χ3n) is 2.91. The molecule has 0 fully saturated rings. The lowest BCUT2D eigenvalue weighted by molar-refractivity contribution is -0.121. The molecule has 0 bridgehead atoms. The Hall–Kier alpha value is -1.82. The van der Waals surface area contributed by atoms with Crippen LogP contribution in [0.5, 0.6) is 0 Å². The van der Waals surface area contributed by atoms with E-state index in [4.69, 9.17) is 11.5 Å². The Morgan fingerprint density at radius 3 is 2.74 bits per heavy atom. The molecule has 1 aromatic carbocycles. The number of halogens is 1. The predicted octanol–water partition coefficient (Wildman–Crippen LogP) is 2.26. The number of nitrogens with one attached hydrogen (secondary N) is 1. The fourth-order valence-electron chi connectivity index (χ4n) is 1.69. The van der Waals surface area contributed by atoms with Gasteiger partial charge in [0.15, 0.2) is 0 Å². The number of fused-ring (bicyclic) bond motifs is 1. The van der Waals surface area contributed by atoms with E-state index in [1.807, 2.05) is 18.2 Å². The van der Waals surface area contributed by atoms with Crippen molar-refractivity contribution in [1.82, 2.24) is 4.98 Å². The monoisotopic (exact) mass is 322 g/mol. The number of carbonyl (C=O) groups excluding carboxylic acids is 1. The van der Waals surface area contributed by atoms with Gasteiger partial charge in [0.05, 0.1) is 23.1 Å². The normalized spacial score (nSPS) is 11.5. The van der Waals surface area contributed by atoms with Crippen molar-refractivity contribution in [3.05, 3.63) is 28.9 Å². The van der Waals surface area contributed by atoms with Crippen molar-refractivity contribution in [3.8, 4) is 0 Å². The highest BCUT2D eigenvalue weighted by Gasteiger charge is 2.26. The number of primary amides is 1. The van der Waals surface area contributed by atoms with Gasteiger partial charge in [-0.25, -0.2) is 0 Å². The van der Waals surface area contributed by atoms with Crippen molar-refractivity contribution >= 4 is 44.1 Å². The molecule has 1 heterocycles. The van der Waals surface area contributed by atoms with Crippen LogP contribution in [0.4, 0.5) is 11.4 Å². The summed E-state index contributed by atoms with van der Waals surface area (Å²) in [5, 5.41) is 3.93. The summed E-state index contributed by atoms with van der Waals surface area (Å²) in [6.45, 7) is 3.41. The van der Waals surface area contributed by atoms with E-state index in [-0.39, 0.29) is 0 Å². The van der Waals surface area contributed by atoms with Crippen molar-refractivity contribution in [2.45, 2.75) is 19.4 Å². The Morgan fingerprint density at radius 1 is 1.42 bits per heavy atom. The molecular weight excluding hydrogens is 308 g/mol. The van der Waals surface area contributed by atoms with E-state index in [1.165, 1.54) is 0 Å². The minimum absolute atomic E-state index is 0.452. The quantitative estimate of drug-likeness (QED) is 0.807. The number of benzene rings is 1. The van der Waals surface area contributed by atoms with Crippen LogP contribution < -0.4 is 16.8 Å². The summed E-state index contributed by atoms with van der Waals surface area (Å²) in [5.74, 6) is -0.452. The molecule has 0 saturated heterocycles. The van der Waals surface area contributed by atoms with Gasteiger partial charge in [0.2, 0.25) is 5.91 Å². The summed E-state index contributed by atoms with van der Waals surface area (Å²) in [6.07, 6.45) is 1.57. The topological polar surface area (TPSA) is 94.0 Å². The number of carbonyl (C=O) groups is 1. The van der Waals surface area contributed by atoms with Gasteiger partial charge in [-0.3, -0.25) is 9.78 Å². The van der Waals surface area contributed by atoms with Gasteiger partial charge in [-0.2, -0.15) is 0 Å². The maximum atomic E-state index is 11.4. The Kier molecular flexibility index (Phi) is 3.36. The van der Waals surface area contributed by atoms with E-state index in [0.717, 1.165) is 15.4 Å². The van der Waals surface area contributed by atoms with Gasteiger partial charge in [0, 0.05) is 9.86 Å². The highest BCUT2D eigenvalue weighted by molar-refractivity contribution is 9.10. The maximum Gasteiger partial charge on any atom is 0.242 e. The van der Waals surface area contributed by atoms with Crippen molar-refractivity contribution < 1.29 is 4.79 Å². The predicted molar refractivity (Wildman–Crippen MR) is 80.8 cm³/mol. The molecule has 5 N–H and O–H groups in total. The van der Waals surface area contributed by atoms with Gasteiger partial charge >= 0.3 is 0 Å². The van der Waals surface area contributed by atoms with Crippen molar-refractivity contribution in [2.24, 2.45) is 5.73 Å². The zero-order chi connectivity index (χ0) is 14.2. The van der Waals surface area contributed by atoms with Crippen molar-refractivity contribution in [3.63, 3.8) is 0 Å². The third kappa shape index (κ3) is 2.63. The number of hydrogen-bond acceptors (Lipinski definition) is 4. The number of rotatable bonds is 3. The molecule has 1 amide bonds. The molecule has 19 heavy (non-hydrogen) atoms. The summed E-state index contributed by atoms with van der Waals surface area (Å²) in [4.78, 5) is 15.7. The van der Waals surface area contributed by atoms with Crippen LogP contribution in [0.3, 0.4) is 0 Å². The Bertz CT molecular complexity index is 649. The van der Waals surface area contributed by atoms with E-state index in [2.05, 4.69) is 26.2 Å². The van der Waals surface area contributed by atoms with Gasteiger partial charge in [0.1, 0.15) is 5.54 Å². The van der Waals surface area contributed by atoms with Crippen LogP contribution >= 0.6 is 15.9 Å². The second-order valence-electron chi connectivity index (χ2n) is 4.86. The first kappa shape index (κ1) is 13.6. The minimum atomic E-state index is -0.898. The average molecular weight is 323 g/mol. The lowest BCUT2D eigenvalue weighted by atomic mass is 10.0. The summed E-state index contributed by atoms with van der Waals surface area (Å²) < 4.78 is 0.910. The average Bonchev–Trinajstić information content (AvgIpc) is 2.33. The number of nitrogens with two attached hydrogens (primary N) is 2. The molecule has 2 rings (SSSR count). The molecule has 2 aromatic rings. The molecule has 1 aromatic heterocycles. The van der Waals surface area contributed by atoms with Crippen molar-refractivity contribution in [1.29, 1.82) is 0 Å². The molecule has 0 radical (unpaired) electrons. The molecule has 5 nitrogen and oxygen atoms in total. The molecule has 100 valence electrons. The first-order valence-electron chi connectivity index (χ1n) is 5.73. The van der Waals surface area contributed by atoms with Gasteiger partial charge in [0.25, 0.3) is 0 Å². The van der Waals surface area contributed by atoms with Crippen molar-refractivity contribution in [2.75, 3.05) is 11.1 Å². The summed E-state index contributed by atoms with van der Waals surface area (Å²) >= 11 is 3.41. The summed E-state index contributed by atoms with van der Waals surface area (Å²) in [5.41, 5.74) is 12.4. The van der Waals surface area contributed by atoms with E-state index >= 15 is 0 Å². The number of amides is 1. The smallest absolute Gasteiger partial charge is 0.242 e. The van der Waals surface area contributed by atoms with Gasteiger partial charge in [-0.05, 0) is 32.0 Å². The number of anilines is 2. The first-order chi connectivity index (χ1) is 8.81. The second-order valence-corrected chi connectivity index (χ2v) is 5.78. The van der Waals surface area contributed by atoms with Crippen LogP contribution in [0.15, 0.2) is 28.9 Å². The lowest BCUT2D eigenvalue weighted by Gasteiger charge is -2.25. The maximum absolute atomic E-state index is 11.4. The Labute approximate surface area is 119 Å². The number of hydrogen-bond donors (Lipinski definition) is 3. The highest BCUT2D eigenvalue weighted by atomic mass is 79.9. The minimum Gasteiger partial charge on any atom is -0.396 e. The van der Waals surface area contributed by atoms with E-state index < -0.39 is 11.4 Å². The lowest BCUT2D eigenvalue weighted by Crippen LogP contribution is -2.45. The van der Waals surface area contributed by atoms with E-state index in [1.54, 1.807) is 20.0 Å². The van der Waals surface area contributed by atoms with E-state index in [0.29, 0.717) is 11.4 Å². The zero-order valence-electron chi connectivity index (χ0n) is 10.7. The Balaban J connectivity index is 2.61. The number of aromatic nitrogens is 1. The molecular formula is C13H15BrN4O. The number of pyridine rings is 1. The Morgan fingerprint density at radius 2 is 2.11 bits per heavy atom. The summed E-state index contributed by atoms with van der Waals surface area (Å²) in [6, 6.07) is 5.67. The molecule has 0 aliphatic heterocycles. The van der Waals surface area contributed by atoms with E-state index in [9.17, 15) is 4.79 Å². The van der Waals surface area contributed by atoms with Gasteiger partial charge < -0.3 is 16.8 Å².